The standard InChI is InChI=1S/C24H36N6O3.2ClH/c1-15-10-11-17-16(12-15)21(29-22(27-17)23(31)30-24(2,3)14-33-5)28-19-9-7-6-8-18(19)26-20(25)13-32-4;;/h10-12,18-19H,6-9,13-14H2,1-5H3,(H2,25,26)(H,30,31)(H,27,28,29);2*1H/t18-,19+;;/m1../s1. The van der Waals surface area contributed by atoms with E-state index in [-0.39, 0.29) is 55.2 Å². The van der Waals surface area contributed by atoms with Crippen LogP contribution < -0.4 is 16.0 Å². The fraction of sp³-hybridized carbons (Fsp3) is 0.583. The summed E-state index contributed by atoms with van der Waals surface area (Å²) in [5.41, 5.74) is 1.25. The summed E-state index contributed by atoms with van der Waals surface area (Å²) in [6, 6.07) is 6.07. The topological polar surface area (TPSA) is 121 Å². The first-order valence-corrected chi connectivity index (χ1v) is 11.4. The van der Waals surface area contributed by atoms with Crippen LogP contribution >= 0.6 is 24.8 Å². The van der Waals surface area contributed by atoms with E-state index in [1.165, 1.54) is 0 Å². The van der Waals surface area contributed by atoms with Crippen LogP contribution in [0.3, 0.4) is 0 Å². The molecule has 11 heteroatoms. The molecule has 1 fully saturated rings. The zero-order valence-electron chi connectivity index (χ0n) is 21.1. The fourth-order valence-corrected chi connectivity index (χ4v) is 4.28. The zero-order valence-corrected chi connectivity index (χ0v) is 22.7. The van der Waals surface area contributed by atoms with Crippen LogP contribution in [-0.4, -0.2) is 66.8 Å². The summed E-state index contributed by atoms with van der Waals surface area (Å²) in [5.74, 6) is 0.767. The summed E-state index contributed by atoms with van der Waals surface area (Å²) in [5, 5.41) is 18.8. The molecule has 0 bridgehead atoms. The van der Waals surface area contributed by atoms with Gasteiger partial charge >= 0.3 is 0 Å². The molecule has 1 saturated carbocycles. The summed E-state index contributed by atoms with van der Waals surface area (Å²) in [6.07, 6.45) is 4.08. The molecule has 0 saturated heterocycles. The minimum Gasteiger partial charge on any atom is -0.382 e. The van der Waals surface area contributed by atoms with Crippen molar-refractivity contribution in [2.75, 3.05) is 32.8 Å². The highest BCUT2D eigenvalue weighted by Gasteiger charge is 2.28. The molecule has 0 spiro atoms. The van der Waals surface area contributed by atoms with Crippen molar-refractivity contribution < 1.29 is 14.3 Å². The molecule has 3 rings (SSSR count). The Balaban J connectivity index is 0.00000306. The molecule has 1 aromatic carbocycles. The zero-order chi connectivity index (χ0) is 24.0. The van der Waals surface area contributed by atoms with Gasteiger partial charge in [-0.2, -0.15) is 0 Å². The molecule has 35 heavy (non-hydrogen) atoms. The van der Waals surface area contributed by atoms with E-state index in [4.69, 9.17) is 14.9 Å². The number of benzene rings is 1. The van der Waals surface area contributed by atoms with Gasteiger partial charge in [0.05, 0.1) is 17.7 Å². The summed E-state index contributed by atoms with van der Waals surface area (Å²) in [4.78, 5) is 22.2. The van der Waals surface area contributed by atoms with Crippen molar-refractivity contribution in [2.45, 2.75) is 64.1 Å². The minimum atomic E-state index is -0.550. The number of aromatic nitrogens is 2. The molecular formula is C24H38Cl2N6O3. The molecule has 1 heterocycles. The molecule has 2 atom stereocenters. The van der Waals surface area contributed by atoms with E-state index in [1.54, 1.807) is 14.2 Å². The Morgan fingerprint density at radius 1 is 1.11 bits per heavy atom. The van der Waals surface area contributed by atoms with Crippen LogP contribution in [0.25, 0.3) is 10.9 Å². The van der Waals surface area contributed by atoms with Crippen molar-refractivity contribution in [1.82, 2.24) is 20.6 Å². The van der Waals surface area contributed by atoms with Gasteiger partial charge in [-0.1, -0.05) is 24.5 Å². The number of amides is 1. The normalized spacial score (nSPS) is 17.6. The van der Waals surface area contributed by atoms with Gasteiger partial charge < -0.3 is 25.4 Å². The van der Waals surface area contributed by atoms with Crippen molar-refractivity contribution >= 4 is 53.3 Å². The SMILES string of the molecule is COCC(=N)N[C@@H]1CCCC[C@@H]1Nc1nc(C(=O)NC(C)(C)COC)nc2ccc(C)cc12.Cl.Cl. The van der Waals surface area contributed by atoms with Crippen LogP contribution in [0, 0.1) is 12.3 Å². The van der Waals surface area contributed by atoms with Crippen LogP contribution in [0.1, 0.15) is 55.7 Å². The number of nitrogens with one attached hydrogen (secondary N) is 4. The van der Waals surface area contributed by atoms with Crippen molar-refractivity contribution in [2.24, 2.45) is 0 Å². The second-order valence-corrected chi connectivity index (χ2v) is 9.39. The van der Waals surface area contributed by atoms with Gasteiger partial charge in [0.2, 0.25) is 5.82 Å². The number of carbonyl (C=O) groups is 1. The average molecular weight is 530 g/mol. The molecule has 2 aromatic rings. The first-order chi connectivity index (χ1) is 15.7. The Morgan fingerprint density at radius 2 is 1.80 bits per heavy atom. The number of amidine groups is 1. The number of rotatable bonds is 9. The number of hydrogen-bond acceptors (Lipinski definition) is 7. The van der Waals surface area contributed by atoms with E-state index < -0.39 is 5.54 Å². The summed E-state index contributed by atoms with van der Waals surface area (Å²) in [6.45, 7) is 6.44. The van der Waals surface area contributed by atoms with Crippen LogP contribution in [-0.2, 0) is 9.47 Å². The largest absolute Gasteiger partial charge is 0.382 e. The molecule has 9 nitrogen and oxygen atoms in total. The van der Waals surface area contributed by atoms with Gasteiger partial charge in [-0.3, -0.25) is 10.2 Å². The maximum absolute atomic E-state index is 13.0. The van der Waals surface area contributed by atoms with Crippen LogP contribution in [0.4, 0.5) is 5.82 Å². The Kier molecular flexibility index (Phi) is 12.1. The number of carbonyl (C=O) groups excluding carboxylic acids is 1. The van der Waals surface area contributed by atoms with Gasteiger partial charge in [0.25, 0.3) is 5.91 Å². The Bertz CT molecular complexity index is 1000. The Labute approximate surface area is 219 Å². The Hall–Kier alpha value is -2.20. The first-order valence-electron chi connectivity index (χ1n) is 11.4. The number of aryl methyl sites for hydroxylation is 1. The summed E-state index contributed by atoms with van der Waals surface area (Å²) in [7, 11) is 3.19. The second-order valence-electron chi connectivity index (χ2n) is 9.39. The molecule has 196 valence electrons. The third kappa shape index (κ3) is 8.45. The van der Waals surface area contributed by atoms with Crippen LogP contribution in [0.2, 0.25) is 0 Å². The van der Waals surface area contributed by atoms with Gasteiger partial charge in [-0.25, -0.2) is 9.97 Å². The van der Waals surface area contributed by atoms with E-state index in [0.717, 1.165) is 36.6 Å². The number of halogens is 2. The number of fused-ring (bicyclic) bond motifs is 1. The highest BCUT2D eigenvalue weighted by atomic mass is 35.5. The highest BCUT2D eigenvalue weighted by molar-refractivity contribution is 5.97. The third-order valence-corrected chi connectivity index (χ3v) is 5.75. The van der Waals surface area contributed by atoms with Crippen molar-refractivity contribution in [3.8, 4) is 0 Å². The highest BCUT2D eigenvalue weighted by Crippen LogP contribution is 2.27. The molecule has 0 aliphatic heterocycles. The fourth-order valence-electron chi connectivity index (χ4n) is 4.28. The van der Waals surface area contributed by atoms with Gasteiger partial charge in [0.15, 0.2) is 0 Å². The number of ether oxygens (including phenoxy) is 2. The number of nitrogens with zero attached hydrogens (tertiary/aromatic N) is 2. The molecule has 4 N–H and O–H groups in total. The maximum Gasteiger partial charge on any atom is 0.289 e. The molecule has 1 amide bonds. The lowest BCUT2D eigenvalue weighted by Gasteiger charge is -2.34. The number of anilines is 1. The van der Waals surface area contributed by atoms with Gasteiger partial charge in [-0.05, 0) is 45.7 Å². The predicted octanol–water partition coefficient (Wildman–Crippen LogP) is 3.87. The second kappa shape index (κ2) is 13.8. The van der Waals surface area contributed by atoms with E-state index in [0.29, 0.717) is 23.8 Å². The molecule has 1 aromatic heterocycles. The number of hydrogen-bond donors (Lipinski definition) is 4. The van der Waals surface area contributed by atoms with Gasteiger partial charge in [0.1, 0.15) is 18.3 Å². The van der Waals surface area contributed by atoms with Gasteiger partial charge in [-0.15, -0.1) is 24.8 Å². The van der Waals surface area contributed by atoms with Crippen LogP contribution in [0.15, 0.2) is 18.2 Å². The molecule has 0 unspecified atom stereocenters. The third-order valence-electron chi connectivity index (χ3n) is 5.75. The average Bonchev–Trinajstić information content (AvgIpc) is 2.75. The van der Waals surface area contributed by atoms with E-state index in [1.807, 2.05) is 39.0 Å². The van der Waals surface area contributed by atoms with Crippen molar-refractivity contribution in [1.29, 1.82) is 5.41 Å². The van der Waals surface area contributed by atoms with E-state index in [2.05, 4.69) is 25.9 Å². The predicted molar refractivity (Wildman–Crippen MR) is 145 cm³/mol. The van der Waals surface area contributed by atoms with Crippen molar-refractivity contribution in [3.05, 3.63) is 29.6 Å². The van der Waals surface area contributed by atoms with Crippen LogP contribution in [0.5, 0.6) is 0 Å². The smallest absolute Gasteiger partial charge is 0.289 e. The quantitative estimate of drug-likeness (QED) is 0.287. The Morgan fingerprint density at radius 3 is 2.46 bits per heavy atom. The van der Waals surface area contributed by atoms with Gasteiger partial charge in [0, 0.05) is 31.7 Å². The lowest BCUT2D eigenvalue weighted by molar-refractivity contribution is 0.0810. The first kappa shape index (κ1) is 30.8. The summed E-state index contributed by atoms with van der Waals surface area (Å²) >= 11 is 0. The minimum absolute atomic E-state index is 0. The van der Waals surface area contributed by atoms with E-state index in [9.17, 15) is 4.79 Å². The van der Waals surface area contributed by atoms with E-state index >= 15 is 0 Å². The molecule has 1 aliphatic carbocycles. The molecular weight excluding hydrogens is 491 g/mol. The maximum atomic E-state index is 13.0. The molecule has 1 aliphatic rings. The lowest BCUT2D eigenvalue weighted by atomic mass is 9.90. The number of methoxy groups -OCH3 is 2. The molecule has 0 radical (unpaired) electrons. The monoisotopic (exact) mass is 528 g/mol. The van der Waals surface area contributed by atoms with Crippen molar-refractivity contribution in [3.63, 3.8) is 0 Å². The lowest BCUT2D eigenvalue weighted by Crippen LogP contribution is -2.49. The summed E-state index contributed by atoms with van der Waals surface area (Å²) < 4.78 is 10.3.